The van der Waals surface area contributed by atoms with E-state index in [1.54, 1.807) is 12.1 Å². The highest BCUT2D eigenvalue weighted by atomic mass is 28.3. The van der Waals surface area contributed by atoms with E-state index in [2.05, 4.69) is 67.7 Å². The molecule has 4 heteroatoms. The maximum Gasteiger partial charge on any atom is 0.261 e. The summed E-state index contributed by atoms with van der Waals surface area (Å²) in [5, 5.41) is 9.16. The molecule has 0 unspecified atom stereocenters. The van der Waals surface area contributed by atoms with E-state index in [0.717, 1.165) is 6.04 Å². The van der Waals surface area contributed by atoms with Gasteiger partial charge in [-0.05, 0) is 50.5 Å². The Bertz CT molecular complexity index is 1500. The van der Waals surface area contributed by atoms with Crippen molar-refractivity contribution in [3.8, 4) is 0 Å². The van der Waals surface area contributed by atoms with Crippen LogP contribution >= 0.6 is 0 Å². The highest BCUT2D eigenvalue weighted by Gasteiger charge is 2.37. The van der Waals surface area contributed by atoms with E-state index in [0.29, 0.717) is 17.7 Å². The molecule has 1 heterocycles. The standard InChI is InChI=1S/C28H23NO2Si/c1-32(2,17-16-29-27(30)21-8-3-4-9-22(21)28(29)31)24-15-13-20-11-10-18-6-5-7-19-12-14-23(24)26(20)25(18)19/h3-15H,16-17H2,1-2H3. The van der Waals surface area contributed by atoms with Crippen LogP contribution in [0.15, 0.2) is 78.9 Å². The average Bonchev–Trinajstić information content (AvgIpc) is 3.06. The maximum absolute atomic E-state index is 12.8. The second-order valence-electron chi connectivity index (χ2n) is 9.41. The van der Waals surface area contributed by atoms with Gasteiger partial charge in [-0.1, -0.05) is 85.0 Å². The third kappa shape index (κ3) is 2.66. The van der Waals surface area contributed by atoms with Gasteiger partial charge in [-0.2, -0.15) is 0 Å². The summed E-state index contributed by atoms with van der Waals surface area (Å²) >= 11 is 0. The number of rotatable bonds is 4. The smallest absolute Gasteiger partial charge is 0.261 e. The van der Waals surface area contributed by atoms with Gasteiger partial charge in [0.2, 0.25) is 0 Å². The third-order valence-corrected chi connectivity index (χ3v) is 10.5. The van der Waals surface area contributed by atoms with Crippen LogP contribution in [-0.2, 0) is 0 Å². The van der Waals surface area contributed by atoms with E-state index in [1.165, 1.54) is 42.4 Å². The molecule has 0 fully saturated rings. The van der Waals surface area contributed by atoms with E-state index >= 15 is 0 Å². The Labute approximate surface area is 187 Å². The molecular formula is C28H23NO2Si. The Morgan fingerprint density at radius 1 is 0.656 bits per heavy atom. The largest absolute Gasteiger partial charge is 0.275 e. The Morgan fingerprint density at radius 3 is 1.88 bits per heavy atom. The molecule has 0 bridgehead atoms. The molecule has 6 rings (SSSR count). The van der Waals surface area contributed by atoms with Crippen LogP contribution in [-0.4, -0.2) is 31.3 Å². The fourth-order valence-electron chi connectivity index (χ4n) is 5.29. The molecule has 0 spiro atoms. The Balaban J connectivity index is 1.39. The summed E-state index contributed by atoms with van der Waals surface area (Å²) in [5.41, 5.74) is 1.06. The summed E-state index contributed by atoms with van der Waals surface area (Å²) in [6.45, 7) is 5.15. The first kappa shape index (κ1) is 19.2. The molecule has 5 aromatic carbocycles. The van der Waals surface area contributed by atoms with Crippen LogP contribution in [0.2, 0.25) is 19.1 Å². The summed E-state index contributed by atoms with van der Waals surface area (Å²) in [5.74, 6) is -0.323. The molecule has 0 aromatic heterocycles. The van der Waals surface area contributed by atoms with E-state index in [-0.39, 0.29) is 11.8 Å². The number of imide groups is 1. The molecular weight excluding hydrogens is 410 g/mol. The van der Waals surface area contributed by atoms with E-state index in [1.807, 2.05) is 12.1 Å². The number of carbonyl (C=O) groups excluding carboxylic acids is 2. The molecule has 2 amide bonds. The molecule has 5 aromatic rings. The molecule has 0 saturated carbocycles. The predicted molar refractivity (Wildman–Crippen MR) is 134 cm³/mol. The quantitative estimate of drug-likeness (QED) is 0.204. The number of carbonyl (C=O) groups is 2. The normalized spacial score (nSPS) is 14.2. The van der Waals surface area contributed by atoms with Crippen molar-refractivity contribution < 1.29 is 9.59 Å². The van der Waals surface area contributed by atoms with Gasteiger partial charge in [0.1, 0.15) is 0 Å². The maximum atomic E-state index is 12.8. The van der Waals surface area contributed by atoms with Crippen LogP contribution < -0.4 is 5.19 Å². The summed E-state index contributed by atoms with van der Waals surface area (Å²) in [6, 6.07) is 27.8. The SMILES string of the molecule is C[Si](C)(CCN1C(=O)c2ccccc2C1=O)c1ccc2ccc3cccc4ccc1c2c34. The summed E-state index contributed by atoms with van der Waals surface area (Å²) < 4.78 is 0. The van der Waals surface area contributed by atoms with E-state index in [4.69, 9.17) is 0 Å². The van der Waals surface area contributed by atoms with Crippen molar-refractivity contribution in [2.45, 2.75) is 19.1 Å². The van der Waals surface area contributed by atoms with Crippen LogP contribution in [0, 0.1) is 0 Å². The fourth-order valence-corrected chi connectivity index (χ4v) is 7.82. The first-order valence-electron chi connectivity index (χ1n) is 11.1. The third-order valence-electron chi connectivity index (χ3n) is 7.10. The summed E-state index contributed by atoms with van der Waals surface area (Å²) in [6.07, 6.45) is 0. The molecule has 3 nitrogen and oxygen atoms in total. The molecule has 32 heavy (non-hydrogen) atoms. The predicted octanol–water partition coefficient (Wildman–Crippen LogP) is 5.80. The van der Waals surface area contributed by atoms with Crippen molar-refractivity contribution >= 4 is 57.4 Å². The van der Waals surface area contributed by atoms with Crippen molar-refractivity contribution in [3.05, 3.63) is 90.0 Å². The molecule has 1 aliphatic heterocycles. The highest BCUT2D eigenvalue weighted by Crippen LogP contribution is 2.35. The van der Waals surface area contributed by atoms with Gasteiger partial charge in [-0.25, -0.2) is 0 Å². The highest BCUT2D eigenvalue weighted by molar-refractivity contribution is 6.91. The average molecular weight is 434 g/mol. The summed E-state index contributed by atoms with van der Waals surface area (Å²) in [4.78, 5) is 27.1. The van der Waals surface area contributed by atoms with Gasteiger partial charge in [-0.3, -0.25) is 14.5 Å². The zero-order chi connectivity index (χ0) is 22.0. The van der Waals surface area contributed by atoms with Crippen molar-refractivity contribution in [2.75, 3.05) is 6.54 Å². The number of hydrogen-bond acceptors (Lipinski definition) is 2. The van der Waals surface area contributed by atoms with E-state index in [9.17, 15) is 9.59 Å². The van der Waals surface area contributed by atoms with Crippen molar-refractivity contribution in [1.29, 1.82) is 0 Å². The minimum absolute atomic E-state index is 0.161. The Kier molecular flexibility index (Phi) is 4.05. The molecule has 156 valence electrons. The lowest BCUT2D eigenvalue weighted by Crippen LogP contribution is -2.45. The number of hydrogen-bond donors (Lipinski definition) is 0. The van der Waals surface area contributed by atoms with Crippen LogP contribution in [0.25, 0.3) is 32.3 Å². The lowest BCUT2D eigenvalue weighted by atomic mass is 9.94. The second-order valence-corrected chi connectivity index (χ2v) is 14.2. The summed E-state index contributed by atoms with van der Waals surface area (Å²) in [7, 11) is -1.95. The van der Waals surface area contributed by atoms with Crippen LogP contribution in [0.1, 0.15) is 20.7 Å². The Morgan fingerprint density at radius 2 is 1.22 bits per heavy atom. The second kappa shape index (κ2) is 6.75. The monoisotopic (exact) mass is 433 g/mol. The van der Waals surface area contributed by atoms with E-state index < -0.39 is 8.07 Å². The first-order valence-corrected chi connectivity index (χ1v) is 14.3. The van der Waals surface area contributed by atoms with Crippen molar-refractivity contribution in [2.24, 2.45) is 0 Å². The fraction of sp³-hybridized carbons (Fsp3) is 0.143. The van der Waals surface area contributed by atoms with Crippen LogP contribution in [0.4, 0.5) is 0 Å². The molecule has 0 radical (unpaired) electrons. The van der Waals surface area contributed by atoms with Gasteiger partial charge in [0.05, 0.1) is 19.2 Å². The Hall–Kier alpha value is -3.50. The number of amides is 2. The van der Waals surface area contributed by atoms with Gasteiger partial charge in [0, 0.05) is 6.54 Å². The molecule has 0 aliphatic carbocycles. The zero-order valence-corrected chi connectivity index (χ0v) is 19.2. The van der Waals surface area contributed by atoms with Gasteiger partial charge in [-0.15, -0.1) is 0 Å². The minimum atomic E-state index is -1.95. The van der Waals surface area contributed by atoms with Crippen molar-refractivity contribution in [1.82, 2.24) is 4.90 Å². The molecule has 1 aliphatic rings. The lowest BCUT2D eigenvalue weighted by molar-refractivity contribution is 0.0662. The van der Waals surface area contributed by atoms with Crippen LogP contribution in [0.5, 0.6) is 0 Å². The van der Waals surface area contributed by atoms with Crippen molar-refractivity contribution in [3.63, 3.8) is 0 Å². The topological polar surface area (TPSA) is 37.4 Å². The number of benzene rings is 5. The van der Waals surface area contributed by atoms with Gasteiger partial charge >= 0.3 is 0 Å². The number of nitrogens with zero attached hydrogens (tertiary/aromatic N) is 1. The van der Waals surface area contributed by atoms with Crippen LogP contribution in [0.3, 0.4) is 0 Å². The van der Waals surface area contributed by atoms with Gasteiger partial charge in [0.15, 0.2) is 0 Å². The molecule has 0 N–H and O–H groups in total. The van der Waals surface area contributed by atoms with Gasteiger partial charge < -0.3 is 0 Å². The molecule has 0 saturated heterocycles. The minimum Gasteiger partial charge on any atom is -0.275 e. The van der Waals surface area contributed by atoms with Gasteiger partial charge in [0.25, 0.3) is 11.8 Å². The molecule has 0 atom stereocenters. The zero-order valence-electron chi connectivity index (χ0n) is 18.2. The first-order chi connectivity index (χ1) is 15.5. The lowest BCUT2D eigenvalue weighted by Gasteiger charge is -2.27. The number of fused-ring (bicyclic) bond motifs is 1.